The molecule has 1 saturated heterocycles. The molecule has 0 amide bonds. The van der Waals surface area contributed by atoms with Gasteiger partial charge in [0.2, 0.25) is 11.2 Å². The number of aliphatic hydroxyl groups is 1. The van der Waals surface area contributed by atoms with E-state index in [1.807, 2.05) is 11.9 Å². The third-order valence-corrected chi connectivity index (χ3v) is 8.17. The van der Waals surface area contributed by atoms with Gasteiger partial charge in [0.05, 0.1) is 11.3 Å². The van der Waals surface area contributed by atoms with Gasteiger partial charge < -0.3 is 29.3 Å². The number of benzene rings is 1. The molecule has 2 bridgehead atoms. The van der Waals surface area contributed by atoms with Gasteiger partial charge in [0.1, 0.15) is 0 Å². The first kappa shape index (κ1) is 23.5. The number of aromatic hydroxyl groups is 1. The first-order valence-corrected chi connectivity index (χ1v) is 11.4. The van der Waals surface area contributed by atoms with Crippen molar-refractivity contribution in [3.05, 3.63) is 34.8 Å². The number of likely N-dealkylation sites (tertiary alicyclic amines) is 1. The average Bonchev–Trinajstić information content (AvgIpc) is 3.08. The highest BCUT2D eigenvalue weighted by atomic mass is 16.6. The second kappa shape index (κ2) is 7.14. The first-order valence-electron chi connectivity index (χ1n) is 11.4. The summed E-state index contributed by atoms with van der Waals surface area (Å²) in [5, 5.41) is 23.1. The molecule has 1 aromatic carbocycles. The summed E-state index contributed by atoms with van der Waals surface area (Å²) >= 11 is 0. The monoisotopic (exact) mass is 485 g/mol. The number of phenols is 1. The first-order chi connectivity index (χ1) is 16.3. The van der Waals surface area contributed by atoms with Crippen molar-refractivity contribution >= 4 is 23.5 Å². The van der Waals surface area contributed by atoms with E-state index < -0.39 is 51.8 Å². The number of piperidine rings is 1. The lowest BCUT2D eigenvalue weighted by Crippen LogP contribution is -2.81. The Morgan fingerprint density at radius 2 is 1.71 bits per heavy atom. The van der Waals surface area contributed by atoms with Crippen molar-refractivity contribution in [1.29, 1.82) is 0 Å². The molecule has 2 N–H and O–H groups in total. The summed E-state index contributed by atoms with van der Waals surface area (Å²) < 4.78 is 17.3. The van der Waals surface area contributed by atoms with Gasteiger partial charge in [0, 0.05) is 25.5 Å². The molecule has 1 fully saturated rings. The van der Waals surface area contributed by atoms with Crippen LogP contribution < -0.4 is 4.74 Å². The van der Waals surface area contributed by atoms with Crippen molar-refractivity contribution in [3.63, 3.8) is 0 Å². The van der Waals surface area contributed by atoms with E-state index >= 15 is 0 Å². The molecule has 10 heteroatoms. The number of likely N-dealkylation sites (N-methyl/N-ethyl adjacent to an activating group) is 1. The van der Waals surface area contributed by atoms with Gasteiger partial charge in [0.25, 0.3) is 0 Å². The molecule has 1 spiro atoms. The summed E-state index contributed by atoms with van der Waals surface area (Å²) in [6.45, 7) is 4.96. The summed E-state index contributed by atoms with van der Waals surface area (Å²) in [6, 6.07) is 2.83. The number of carbonyl (C=O) groups is 4. The number of ether oxygens (including phenoxy) is 3. The predicted octanol–water partition coefficient (Wildman–Crippen LogP) is 0.898. The molecule has 4 aliphatic rings. The number of nitrogens with zero attached hydrogens (tertiary/aromatic N) is 1. The van der Waals surface area contributed by atoms with Crippen molar-refractivity contribution in [1.82, 2.24) is 4.90 Å². The van der Waals surface area contributed by atoms with E-state index in [0.717, 1.165) is 26.3 Å². The zero-order chi connectivity index (χ0) is 25.7. The maximum atomic E-state index is 13.7. The minimum absolute atomic E-state index is 0.00312. The fraction of sp³-hybridized carbons (Fsp3) is 0.520. The van der Waals surface area contributed by atoms with Crippen LogP contribution in [-0.4, -0.2) is 69.5 Å². The zero-order valence-electron chi connectivity index (χ0n) is 20.1. The summed E-state index contributed by atoms with van der Waals surface area (Å²) in [7, 11) is 1.89. The molecule has 35 heavy (non-hydrogen) atoms. The lowest BCUT2D eigenvalue weighted by atomic mass is 9.44. The quantitative estimate of drug-likeness (QED) is 0.591. The topological polar surface area (TPSA) is 140 Å². The molecule has 5 atom stereocenters. The van der Waals surface area contributed by atoms with Crippen LogP contribution in [0, 0.1) is 5.92 Å². The van der Waals surface area contributed by atoms with Crippen LogP contribution in [0.15, 0.2) is 23.7 Å². The van der Waals surface area contributed by atoms with Crippen LogP contribution in [-0.2, 0) is 40.5 Å². The molecular weight excluding hydrogens is 458 g/mol. The van der Waals surface area contributed by atoms with Crippen LogP contribution in [0.5, 0.6) is 11.5 Å². The van der Waals surface area contributed by atoms with E-state index in [1.54, 1.807) is 6.07 Å². The summed E-state index contributed by atoms with van der Waals surface area (Å²) in [4.78, 5) is 53.6. The molecule has 2 aliphatic carbocycles. The lowest BCUT2D eigenvalue weighted by molar-refractivity contribution is -0.208. The van der Waals surface area contributed by atoms with Crippen molar-refractivity contribution < 1.29 is 43.6 Å². The van der Waals surface area contributed by atoms with Crippen LogP contribution >= 0.6 is 0 Å². The zero-order valence-corrected chi connectivity index (χ0v) is 20.1. The largest absolute Gasteiger partial charge is 0.504 e. The second-order valence-electron chi connectivity index (χ2n) is 9.89. The molecule has 1 aromatic rings. The Hall–Kier alpha value is -3.24. The highest BCUT2D eigenvalue weighted by Gasteiger charge is 2.84. The van der Waals surface area contributed by atoms with Crippen LogP contribution in [0.25, 0.3) is 0 Å². The minimum atomic E-state index is -2.83. The van der Waals surface area contributed by atoms with Gasteiger partial charge in [-0.15, -0.1) is 0 Å². The molecule has 10 nitrogen and oxygen atoms in total. The Morgan fingerprint density at radius 1 is 1.06 bits per heavy atom. The maximum Gasteiger partial charge on any atom is 0.307 e. The number of rotatable bonds is 4. The number of phenolic OH excluding ortho intramolecular Hbond substituents is 1. The number of esters is 2. The number of hydrogen-bond donors (Lipinski definition) is 2. The van der Waals surface area contributed by atoms with Gasteiger partial charge in [-0.05, 0) is 51.9 Å². The van der Waals surface area contributed by atoms with Crippen LogP contribution in [0.4, 0.5) is 0 Å². The fourth-order valence-electron chi connectivity index (χ4n) is 7.08. The summed E-state index contributed by atoms with van der Waals surface area (Å²) in [5.41, 5.74) is -5.19. The maximum absolute atomic E-state index is 13.7. The molecule has 0 radical (unpaired) electrons. The smallest absolute Gasteiger partial charge is 0.307 e. The number of Topliss-reactive ketones (excluding diaryl/α,β-unsaturated/α-hetero) is 2. The normalized spacial score (nSPS) is 34.6. The van der Waals surface area contributed by atoms with Crippen molar-refractivity contribution in [2.24, 2.45) is 5.92 Å². The Morgan fingerprint density at radius 3 is 2.29 bits per heavy atom. The lowest BCUT2D eigenvalue weighted by Gasteiger charge is -2.63. The highest BCUT2D eigenvalue weighted by molar-refractivity contribution is 6.04. The van der Waals surface area contributed by atoms with E-state index in [2.05, 4.69) is 0 Å². The average molecular weight is 485 g/mol. The second-order valence-corrected chi connectivity index (χ2v) is 9.89. The Bertz CT molecular complexity index is 1250. The van der Waals surface area contributed by atoms with E-state index in [9.17, 15) is 29.4 Å². The van der Waals surface area contributed by atoms with Crippen LogP contribution in [0.2, 0.25) is 0 Å². The molecule has 0 saturated carbocycles. The molecule has 5 rings (SSSR count). The number of hydrogen-bond acceptors (Lipinski definition) is 10. The molecule has 0 aromatic heterocycles. The van der Waals surface area contributed by atoms with Gasteiger partial charge >= 0.3 is 11.9 Å². The van der Waals surface area contributed by atoms with E-state index in [1.165, 1.54) is 13.0 Å². The number of carbonyl (C=O) groups excluding carboxylic acids is 4. The van der Waals surface area contributed by atoms with Gasteiger partial charge in [-0.25, -0.2) is 0 Å². The molecule has 2 heterocycles. The van der Waals surface area contributed by atoms with Gasteiger partial charge in [-0.2, -0.15) is 0 Å². The summed E-state index contributed by atoms with van der Waals surface area (Å²) in [5.74, 6) is -5.11. The SMILES string of the molecule is CC(=O)OC1=C(OC(C)=O)[C@@](O)(C(C)=O)[C@]2(C(C)=O)Oc3c(O)ccc4c3[C@@]23CCN(C)[C@H](C4)[C@H]13. The van der Waals surface area contributed by atoms with Gasteiger partial charge in [-0.3, -0.25) is 19.2 Å². The standard InChI is InChI=1S/C25H27NO9/c1-11(27)24(32)22(34-14(4)30)21(33-13(3)29)19-16-10-15-6-7-17(31)20-18(15)23(19,8-9-26(16)5)25(24,35-20)12(2)28/h6-7,16,19,31-32H,8-10H2,1-5H3/t16-,19-,23-,24+,25-/m1/s1. The van der Waals surface area contributed by atoms with Crippen molar-refractivity contribution in [3.8, 4) is 11.5 Å². The highest BCUT2D eigenvalue weighted by Crippen LogP contribution is 2.71. The van der Waals surface area contributed by atoms with Crippen molar-refractivity contribution in [2.45, 2.75) is 63.2 Å². The fourth-order valence-corrected chi connectivity index (χ4v) is 7.08. The minimum Gasteiger partial charge on any atom is -0.504 e. The summed E-state index contributed by atoms with van der Waals surface area (Å²) in [6.07, 6.45) is 0.681. The van der Waals surface area contributed by atoms with E-state index in [0.29, 0.717) is 18.5 Å². The molecular formula is C25H27NO9. The Balaban J connectivity index is 2.01. The van der Waals surface area contributed by atoms with E-state index in [4.69, 9.17) is 14.2 Å². The van der Waals surface area contributed by atoms with E-state index in [-0.39, 0.29) is 29.7 Å². The van der Waals surface area contributed by atoms with Crippen LogP contribution in [0.1, 0.15) is 45.2 Å². The third kappa shape index (κ3) is 2.51. The van der Waals surface area contributed by atoms with Crippen LogP contribution in [0.3, 0.4) is 0 Å². The third-order valence-electron chi connectivity index (χ3n) is 8.17. The predicted molar refractivity (Wildman–Crippen MR) is 118 cm³/mol. The molecule has 186 valence electrons. The molecule has 2 aliphatic heterocycles. The van der Waals surface area contributed by atoms with Gasteiger partial charge in [0.15, 0.2) is 34.6 Å². The molecule has 0 unspecified atom stereocenters. The van der Waals surface area contributed by atoms with Gasteiger partial charge in [-0.1, -0.05) is 6.07 Å². The number of ketones is 2. The Kier molecular flexibility index (Phi) is 4.80. The van der Waals surface area contributed by atoms with Crippen molar-refractivity contribution in [2.75, 3.05) is 13.6 Å². The Labute approximate surface area is 201 Å².